The van der Waals surface area contributed by atoms with Gasteiger partial charge in [-0.1, -0.05) is 26.0 Å². The Bertz CT molecular complexity index is 949. The number of amides is 1. The molecule has 0 spiro atoms. The fourth-order valence-electron chi connectivity index (χ4n) is 2.97. The molecular weight excluding hydrogens is 368 g/mol. The van der Waals surface area contributed by atoms with Gasteiger partial charge in [-0.2, -0.15) is 0 Å². The lowest BCUT2D eigenvalue weighted by Crippen LogP contribution is -2.33. The van der Waals surface area contributed by atoms with Crippen molar-refractivity contribution in [3.05, 3.63) is 72.1 Å². The Morgan fingerprint density at radius 1 is 1.10 bits per heavy atom. The van der Waals surface area contributed by atoms with Gasteiger partial charge in [0, 0.05) is 36.9 Å². The molecule has 3 rings (SSSR count). The number of nitrogens with one attached hydrogen (secondary N) is 1. The van der Waals surface area contributed by atoms with E-state index in [1.165, 1.54) is 0 Å². The zero-order chi connectivity index (χ0) is 21.4. The maximum atomic E-state index is 12.7. The smallest absolute Gasteiger partial charge is 0.290 e. The van der Waals surface area contributed by atoms with Gasteiger partial charge in [0.25, 0.3) is 12.4 Å². The SMILES string of the molecule is Cc1cc(-c2ccc(C(=O)NC(c3nccn3C)C(C)C)cc2)ccn1.O=CO. The summed E-state index contributed by atoms with van der Waals surface area (Å²) >= 11 is 0. The van der Waals surface area contributed by atoms with Gasteiger partial charge in [0.2, 0.25) is 0 Å². The highest BCUT2D eigenvalue weighted by Gasteiger charge is 2.22. The van der Waals surface area contributed by atoms with Crippen molar-refractivity contribution in [3.63, 3.8) is 0 Å². The van der Waals surface area contributed by atoms with E-state index in [1.807, 2.05) is 61.1 Å². The van der Waals surface area contributed by atoms with Crippen molar-refractivity contribution >= 4 is 12.4 Å². The standard InChI is InChI=1S/C21H24N4O.CH2O2/c1-14(2)19(20-23-11-12-25(20)4)24-21(26)17-7-5-16(6-8-17)18-9-10-22-15(3)13-18;2-1-3/h5-14,19H,1-4H3,(H,24,26);1H,(H,2,3). The van der Waals surface area contributed by atoms with Gasteiger partial charge < -0.3 is 15.0 Å². The molecule has 2 heterocycles. The predicted molar refractivity (Wildman–Crippen MR) is 111 cm³/mol. The third kappa shape index (κ3) is 5.75. The lowest BCUT2D eigenvalue weighted by atomic mass is 10.0. The Balaban J connectivity index is 0.000000941. The summed E-state index contributed by atoms with van der Waals surface area (Å²) in [6, 6.07) is 11.5. The van der Waals surface area contributed by atoms with Gasteiger partial charge in [-0.3, -0.25) is 14.6 Å². The highest BCUT2D eigenvalue weighted by molar-refractivity contribution is 5.94. The summed E-state index contributed by atoms with van der Waals surface area (Å²) < 4.78 is 1.94. The van der Waals surface area contributed by atoms with E-state index in [9.17, 15) is 4.79 Å². The van der Waals surface area contributed by atoms with E-state index in [1.54, 1.807) is 12.4 Å². The fourth-order valence-corrected chi connectivity index (χ4v) is 2.97. The average molecular weight is 394 g/mol. The van der Waals surface area contributed by atoms with Crippen LogP contribution in [0.1, 0.15) is 41.8 Å². The predicted octanol–water partition coefficient (Wildman–Crippen LogP) is 3.62. The molecule has 1 amide bonds. The van der Waals surface area contributed by atoms with Crippen LogP contribution in [0.25, 0.3) is 11.1 Å². The van der Waals surface area contributed by atoms with E-state index in [-0.39, 0.29) is 24.3 Å². The van der Waals surface area contributed by atoms with Gasteiger partial charge in [-0.25, -0.2) is 4.98 Å². The summed E-state index contributed by atoms with van der Waals surface area (Å²) in [7, 11) is 1.94. The van der Waals surface area contributed by atoms with Gasteiger partial charge >= 0.3 is 0 Å². The summed E-state index contributed by atoms with van der Waals surface area (Å²) in [5, 5.41) is 10.0. The third-order valence-corrected chi connectivity index (χ3v) is 4.47. The summed E-state index contributed by atoms with van der Waals surface area (Å²) in [5.74, 6) is 1.00. The molecule has 7 nitrogen and oxygen atoms in total. The molecule has 29 heavy (non-hydrogen) atoms. The number of benzene rings is 1. The molecule has 7 heteroatoms. The van der Waals surface area contributed by atoms with Crippen molar-refractivity contribution in [1.82, 2.24) is 19.9 Å². The van der Waals surface area contributed by atoms with Crippen LogP contribution in [0.2, 0.25) is 0 Å². The van der Waals surface area contributed by atoms with Gasteiger partial charge in [-0.15, -0.1) is 0 Å². The highest BCUT2D eigenvalue weighted by atomic mass is 16.3. The maximum absolute atomic E-state index is 12.7. The number of rotatable bonds is 5. The normalized spacial score (nSPS) is 11.3. The van der Waals surface area contributed by atoms with E-state index in [4.69, 9.17) is 9.90 Å². The Labute approximate surface area is 170 Å². The lowest BCUT2D eigenvalue weighted by molar-refractivity contribution is -0.122. The topological polar surface area (TPSA) is 97.1 Å². The number of hydrogen-bond acceptors (Lipinski definition) is 4. The van der Waals surface area contributed by atoms with Crippen LogP contribution in [0, 0.1) is 12.8 Å². The summed E-state index contributed by atoms with van der Waals surface area (Å²) in [6.07, 6.45) is 5.44. The van der Waals surface area contributed by atoms with E-state index in [0.717, 1.165) is 22.6 Å². The summed E-state index contributed by atoms with van der Waals surface area (Å²) in [5.41, 5.74) is 3.77. The number of imidazole rings is 1. The molecule has 2 N–H and O–H groups in total. The number of carboxylic acid groups (broad SMARTS) is 1. The van der Waals surface area contributed by atoms with Crippen LogP contribution in [0.5, 0.6) is 0 Å². The molecule has 152 valence electrons. The number of aryl methyl sites for hydroxylation is 2. The molecule has 0 radical (unpaired) electrons. The van der Waals surface area contributed by atoms with Crippen LogP contribution in [-0.4, -0.2) is 32.0 Å². The first-order valence-electron chi connectivity index (χ1n) is 9.26. The van der Waals surface area contributed by atoms with Gasteiger partial charge in [0.05, 0.1) is 6.04 Å². The first-order chi connectivity index (χ1) is 13.9. The van der Waals surface area contributed by atoms with Crippen molar-refractivity contribution in [1.29, 1.82) is 0 Å². The van der Waals surface area contributed by atoms with Gasteiger partial charge in [0.15, 0.2) is 0 Å². The minimum atomic E-state index is -0.250. The molecule has 0 fully saturated rings. The molecule has 1 aromatic carbocycles. The molecule has 0 aliphatic rings. The molecule has 1 unspecified atom stereocenters. The van der Waals surface area contributed by atoms with Crippen LogP contribution in [0.15, 0.2) is 55.0 Å². The molecule has 0 aliphatic carbocycles. The molecule has 1 atom stereocenters. The van der Waals surface area contributed by atoms with Crippen molar-refractivity contribution in [2.24, 2.45) is 13.0 Å². The molecule has 0 saturated heterocycles. The van der Waals surface area contributed by atoms with Crippen LogP contribution in [-0.2, 0) is 11.8 Å². The Hall–Kier alpha value is -3.48. The van der Waals surface area contributed by atoms with Crippen LogP contribution in [0.4, 0.5) is 0 Å². The number of carbonyl (C=O) groups excluding carboxylic acids is 1. The summed E-state index contributed by atoms with van der Waals surface area (Å²) in [6.45, 7) is 5.87. The van der Waals surface area contributed by atoms with Crippen LogP contribution < -0.4 is 5.32 Å². The molecule has 0 saturated carbocycles. The molecular formula is C22H26N4O3. The van der Waals surface area contributed by atoms with Crippen molar-refractivity contribution in [3.8, 4) is 11.1 Å². The molecule has 2 aromatic heterocycles. The second kappa shape index (κ2) is 10.2. The van der Waals surface area contributed by atoms with E-state index in [0.29, 0.717) is 5.56 Å². The third-order valence-electron chi connectivity index (χ3n) is 4.47. The maximum Gasteiger partial charge on any atom is 0.290 e. The second-order valence-corrected chi connectivity index (χ2v) is 6.96. The Morgan fingerprint density at radius 3 is 2.28 bits per heavy atom. The minimum absolute atomic E-state index is 0.0934. The highest BCUT2D eigenvalue weighted by Crippen LogP contribution is 2.22. The second-order valence-electron chi connectivity index (χ2n) is 6.96. The van der Waals surface area contributed by atoms with Crippen LogP contribution >= 0.6 is 0 Å². The molecule has 0 bridgehead atoms. The molecule has 3 aromatic rings. The Kier molecular flexibility index (Phi) is 7.65. The lowest BCUT2D eigenvalue weighted by Gasteiger charge is -2.22. The number of nitrogens with zero attached hydrogens (tertiary/aromatic N) is 3. The number of aromatic nitrogens is 3. The quantitative estimate of drug-likeness (QED) is 0.644. The van der Waals surface area contributed by atoms with Gasteiger partial charge in [-0.05, 0) is 48.2 Å². The number of hydrogen-bond donors (Lipinski definition) is 2. The fraction of sp³-hybridized carbons (Fsp3) is 0.273. The monoisotopic (exact) mass is 394 g/mol. The number of pyridine rings is 1. The molecule has 0 aliphatic heterocycles. The minimum Gasteiger partial charge on any atom is -0.483 e. The summed E-state index contributed by atoms with van der Waals surface area (Å²) in [4.78, 5) is 29.7. The zero-order valence-corrected chi connectivity index (χ0v) is 17.0. The van der Waals surface area contributed by atoms with E-state index in [2.05, 4.69) is 29.1 Å². The first kappa shape index (κ1) is 21.8. The van der Waals surface area contributed by atoms with E-state index >= 15 is 0 Å². The largest absolute Gasteiger partial charge is 0.483 e. The van der Waals surface area contributed by atoms with Crippen molar-refractivity contribution in [2.45, 2.75) is 26.8 Å². The first-order valence-corrected chi connectivity index (χ1v) is 9.26. The zero-order valence-electron chi connectivity index (χ0n) is 17.0. The average Bonchev–Trinajstić information content (AvgIpc) is 3.12. The number of carbonyl (C=O) groups is 2. The van der Waals surface area contributed by atoms with Crippen molar-refractivity contribution < 1.29 is 14.7 Å². The van der Waals surface area contributed by atoms with Gasteiger partial charge in [0.1, 0.15) is 5.82 Å². The Morgan fingerprint density at radius 2 is 1.76 bits per heavy atom. The van der Waals surface area contributed by atoms with Crippen LogP contribution in [0.3, 0.4) is 0 Å². The van der Waals surface area contributed by atoms with E-state index < -0.39 is 0 Å². The van der Waals surface area contributed by atoms with Crippen molar-refractivity contribution in [2.75, 3.05) is 0 Å².